The van der Waals surface area contributed by atoms with Crippen molar-refractivity contribution in [3.63, 3.8) is 0 Å². The molecule has 0 fully saturated rings. The van der Waals surface area contributed by atoms with E-state index >= 15 is 0 Å². The van der Waals surface area contributed by atoms with Gasteiger partial charge in [0.2, 0.25) is 0 Å². The van der Waals surface area contributed by atoms with Crippen molar-refractivity contribution in [2.75, 3.05) is 5.32 Å². The number of aromatic amines is 1. The second-order valence-electron chi connectivity index (χ2n) is 8.42. The average molecular weight is 513 g/mol. The number of amides is 1. The number of aromatic nitrogens is 1. The predicted octanol–water partition coefficient (Wildman–Crippen LogP) is 8.27. The molecular weight excluding hydrogens is 472 g/mol. The van der Waals surface area contributed by atoms with Crippen molar-refractivity contribution in [3.8, 4) is 5.75 Å². The zero-order chi connectivity index (χ0) is 27.4. The second kappa shape index (κ2) is 15.1. The maximum Gasteiger partial charge on any atom is 0.265 e. The molecule has 3 aromatic rings. The molecule has 0 spiro atoms. The van der Waals surface area contributed by atoms with Gasteiger partial charge in [-0.2, -0.15) is 0 Å². The first kappa shape index (κ1) is 31.0. The van der Waals surface area contributed by atoms with Gasteiger partial charge in [0.05, 0.1) is 5.69 Å². The average Bonchev–Trinajstić information content (AvgIpc) is 2.87. The quantitative estimate of drug-likeness (QED) is 0.347. The van der Waals surface area contributed by atoms with Crippen LogP contribution >= 0.6 is 11.6 Å². The van der Waals surface area contributed by atoms with Crippen LogP contribution in [0.25, 0.3) is 16.8 Å². The number of hydrogen-bond donors (Lipinski definition) is 2. The summed E-state index contributed by atoms with van der Waals surface area (Å²) in [5.74, 6) is 1.38. The van der Waals surface area contributed by atoms with E-state index in [2.05, 4.69) is 24.1 Å². The Morgan fingerprint density at radius 2 is 1.64 bits per heavy atom. The highest BCUT2D eigenvalue weighted by molar-refractivity contribution is 6.17. The van der Waals surface area contributed by atoms with Crippen LogP contribution in [-0.2, 0) is 10.7 Å². The van der Waals surface area contributed by atoms with Gasteiger partial charge < -0.3 is 15.0 Å². The molecular formula is C30H41ClN2O3. The van der Waals surface area contributed by atoms with E-state index in [0.717, 1.165) is 22.0 Å². The van der Waals surface area contributed by atoms with E-state index in [4.69, 9.17) is 16.3 Å². The van der Waals surface area contributed by atoms with Crippen LogP contribution in [-0.4, -0.2) is 17.0 Å². The van der Waals surface area contributed by atoms with Crippen LogP contribution in [0.5, 0.6) is 5.75 Å². The summed E-state index contributed by atoms with van der Waals surface area (Å²) in [5.41, 5.74) is 4.99. The third-order valence-corrected chi connectivity index (χ3v) is 5.45. The van der Waals surface area contributed by atoms with E-state index in [-0.39, 0.29) is 11.5 Å². The number of carbonyl (C=O) groups is 1. The van der Waals surface area contributed by atoms with Crippen molar-refractivity contribution in [1.82, 2.24) is 4.98 Å². The molecule has 1 aliphatic heterocycles. The number of carbonyl (C=O) groups excluding carboxylic acids is 1. The molecule has 1 aromatic heterocycles. The normalized spacial score (nSPS) is 13.4. The van der Waals surface area contributed by atoms with Crippen molar-refractivity contribution in [1.29, 1.82) is 0 Å². The van der Waals surface area contributed by atoms with Gasteiger partial charge in [0.15, 0.2) is 6.10 Å². The molecule has 0 radical (unpaired) electrons. The fourth-order valence-corrected chi connectivity index (χ4v) is 3.85. The zero-order valence-corrected chi connectivity index (χ0v) is 23.8. The SMILES string of the molecule is CC.CC.CC(C)=Cc1[nH]c(=O)c2ccccc2c1C(C)C.CC1Oc2ccc(CCl)cc2NC1=O. The van der Waals surface area contributed by atoms with E-state index in [0.29, 0.717) is 23.2 Å². The Balaban J connectivity index is 0.000000323. The van der Waals surface area contributed by atoms with Crippen molar-refractivity contribution in [2.45, 2.75) is 80.2 Å². The summed E-state index contributed by atoms with van der Waals surface area (Å²) in [6.07, 6.45) is 1.62. The van der Waals surface area contributed by atoms with Crippen LogP contribution in [0.15, 0.2) is 52.8 Å². The lowest BCUT2D eigenvalue weighted by Gasteiger charge is -2.23. The minimum absolute atomic E-state index is 0.0116. The molecule has 0 bridgehead atoms. The highest BCUT2D eigenvalue weighted by Gasteiger charge is 2.23. The Kier molecular flexibility index (Phi) is 13.0. The van der Waals surface area contributed by atoms with Crippen molar-refractivity contribution < 1.29 is 9.53 Å². The third-order valence-electron chi connectivity index (χ3n) is 5.14. The summed E-state index contributed by atoms with van der Waals surface area (Å²) in [4.78, 5) is 26.4. The largest absolute Gasteiger partial charge is 0.479 e. The van der Waals surface area contributed by atoms with Gasteiger partial charge in [0, 0.05) is 17.0 Å². The van der Waals surface area contributed by atoms with Gasteiger partial charge in [0.1, 0.15) is 5.75 Å². The van der Waals surface area contributed by atoms with Crippen LogP contribution in [0.1, 0.15) is 85.1 Å². The molecule has 2 heterocycles. The molecule has 0 saturated carbocycles. The van der Waals surface area contributed by atoms with Crippen LogP contribution in [0, 0.1) is 0 Å². The Bertz CT molecular complexity index is 1220. The van der Waals surface area contributed by atoms with Crippen molar-refractivity contribution in [2.24, 2.45) is 0 Å². The van der Waals surface area contributed by atoms with E-state index < -0.39 is 6.10 Å². The topological polar surface area (TPSA) is 71.2 Å². The van der Waals surface area contributed by atoms with E-state index in [1.165, 1.54) is 11.1 Å². The van der Waals surface area contributed by atoms with Gasteiger partial charge in [-0.15, -0.1) is 11.6 Å². The highest BCUT2D eigenvalue weighted by Crippen LogP contribution is 2.31. The molecule has 1 atom stereocenters. The molecule has 4 rings (SSSR count). The summed E-state index contributed by atoms with van der Waals surface area (Å²) in [6, 6.07) is 13.3. The lowest BCUT2D eigenvalue weighted by molar-refractivity contribution is -0.122. The van der Waals surface area contributed by atoms with Gasteiger partial charge in [-0.3, -0.25) is 9.59 Å². The Hall–Kier alpha value is -3.05. The first-order valence-electron chi connectivity index (χ1n) is 12.7. The molecule has 196 valence electrons. The first-order valence-corrected chi connectivity index (χ1v) is 13.2. The number of nitrogens with one attached hydrogen (secondary N) is 2. The predicted molar refractivity (Wildman–Crippen MR) is 155 cm³/mol. The molecule has 36 heavy (non-hydrogen) atoms. The standard InChI is InChI=1S/C16H19NO.C10H10ClNO2.2C2H6/c1-10(2)9-14-15(11(3)4)12-7-5-6-8-13(12)16(18)17-14;1-6-10(13)12-8-4-7(5-11)2-3-9(8)14-6;2*1-2/h5-9,11H,1-4H3,(H,17,18);2-4,6H,5H2,1H3,(H,12,13);2*1-2H3. The molecule has 1 aliphatic rings. The lowest BCUT2D eigenvalue weighted by Crippen LogP contribution is -2.34. The van der Waals surface area contributed by atoms with Crippen LogP contribution < -0.4 is 15.6 Å². The molecule has 2 aromatic carbocycles. The monoisotopic (exact) mass is 512 g/mol. The fraction of sp³-hybridized carbons (Fsp3) is 0.400. The van der Waals surface area contributed by atoms with Gasteiger partial charge in [-0.05, 0) is 67.5 Å². The fourth-order valence-electron chi connectivity index (χ4n) is 3.68. The minimum atomic E-state index is -0.427. The number of benzene rings is 2. The van der Waals surface area contributed by atoms with Crippen LogP contribution in [0.2, 0.25) is 0 Å². The van der Waals surface area contributed by atoms with Gasteiger partial charge >= 0.3 is 0 Å². The molecule has 6 heteroatoms. The van der Waals surface area contributed by atoms with Gasteiger partial charge in [0.25, 0.3) is 11.5 Å². The number of halogens is 1. The number of rotatable bonds is 3. The van der Waals surface area contributed by atoms with E-state index in [1.807, 2.05) is 90.1 Å². The van der Waals surface area contributed by atoms with Crippen LogP contribution in [0.4, 0.5) is 5.69 Å². The smallest absolute Gasteiger partial charge is 0.265 e. The summed E-state index contributed by atoms with van der Waals surface area (Å²) in [5, 5.41) is 4.59. The number of fused-ring (bicyclic) bond motifs is 2. The third kappa shape index (κ3) is 7.99. The summed E-state index contributed by atoms with van der Waals surface area (Å²) >= 11 is 5.68. The van der Waals surface area contributed by atoms with E-state index in [9.17, 15) is 9.59 Å². The summed E-state index contributed by atoms with van der Waals surface area (Å²) in [6.45, 7) is 18.1. The molecule has 0 saturated heterocycles. The van der Waals surface area contributed by atoms with Crippen LogP contribution in [0.3, 0.4) is 0 Å². The first-order chi connectivity index (χ1) is 17.2. The Labute approximate surface area is 220 Å². The molecule has 1 amide bonds. The van der Waals surface area contributed by atoms with Gasteiger partial charge in [-0.1, -0.05) is 71.4 Å². The maximum absolute atomic E-state index is 12.1. The number of alkyl halides is 1. The molecule has 5 nitrogen and oxygen atoms in total. The van der Waals surface area contributed by atoms with Crippen molar-refractivity contribution >= 4 is 40.0 Å². The summed E-state index contributed by atoms with van der Waals surface area (Å²) < 4.78 is 5.39. The number of ether oxygens (including phenoxy) is 1. The lowest BCUT2D eigenvalue weighted by atomic mass is 9.94. The number of hydrogen-bond acceptors (Lipinski definition) is 3. The number of allylic oxidation sites excluding steroid dienone is 1. The summed E-state index contributed by atoms with van der Waals surface area (Å²) in [7, 11) is 0. The molecule has 0 aliphatic carbocycles. The zero-order valence-electron chi connectivity index (χ0n) is 23.1. The molecule has 2 N–H and O–H groups in total. The molecule has 1 unspecified atom stereocenters. The number of H-pyrrole nitrogens is 1. The Morgan fingerprint density at radius 1 is 1.03 bits per heavy atom. The second-order valence-corrected chi connectivity index (χ2v) is 8.68. The Morgan fingerprint density at radius 3 is 2.19 bits per heavy atom. The highest BCUT2D eigenvalue weighted by atomic mass is 35.5. The maximum atomic E-state index is 12.1. The van der Waals surface area contributed by atoms with Crippen molar-refractivity contribution in [3.05, 3.63) is 75.2 Å². The minimum Gasteiger partial charge on any atom is -0.479 e. The number of pyridine rings is 1. The van der Waals surface area contributed by atoms with E-state index in [1.54, 1.807) is 6.92 Å². The number of anilines is 1. The van der Waals surface area contributed by atoms with Gasteiger partial charge in [-0.25, -0.2) is 0 Å².